The molecular weight excluding hydrogens is 270 g/mol. The highest BCUT2D eigenvalue weighted by molar-refractivity contribution is 7.12. The lowest BCUT2D eigenvalue weighted by Crippen LogP contribution is -2.36. The Morgan fingerprint density at radius 3 is 2.70 bits per heavy atom. The van der Waals surface area contributed by atoms with Gasteiger partial charge >= 0.3 is 0 Å². The van der Waals surface area contributed by atoms with Gasteiger partial charge in [0.1, 0.15) is 0 Å². The summed E-state index contributed by atoms with van der Waals surface area (Å²) >= 11 is 1.40. The van der Waals surface area contributed by atoms with Crippen LogP contribution in [0.5, 0.6) is 0 Å². The Morgan fingerprint density at radius 2 is 1.95 bits per heavy atom. The van der Waals surface area contributed by atoms with Crippen LogP contribution < -0.4 is 5.32 Å². The molecule has 0 bridgehead atoms. The van der Waals surface area contributed by atoms with Crippen molar-refractivity contribution in [1.29, 1.82) is 0 Å². The molecule has 104 valence electrons. The highest BCUT2D eigenvalue weighted by atomic mass is 32.1. The summed E-state index contributed by atoms with van der Waals surface area (Å²) in [6, 6.07) is 4.12. The Hall–Kier alpha value is -1.75. The molecule has 1 saturated carbocycles. The third-order valence-corrected chi connectivity index (χ3v) is 4.46. The van der Waals surface area contributed by atoms with Gasteiger partial charge in [-0.25, -0.2) is 4.98 Å². The smallest absolute Gasteiger partial charge is 0.280 e. The van der Waals surface area contributed by atoms with Gasteiger partial charge in [-0.15, -0.1) is 11.3 Å². The fourth-order valence-electron chi connectivity index (χ4n) is 2.53. The van der Waals surface area contributed by atoms with Crippen LogP contribution in [0.4, 0.5) is 0 Å². The Morgan fingerprint density at radius 1 is 1.20 bits per heavy atom. The molecule has 0 spiro atoms. The van der Waals surface area contributed by atoms with E-state index in [2.05, 4.69) is 15.3 Å². The number of hydrogen-bond donors (Lipinski definition) is 1. The molecule has 4 nitrogen and oxygen atoms in total. The number of nitrogens with zero attached hydrogens (tertiary/aromatic N) is 2. The van der Waals surface area contributed by atoms with Gasteiger partial charge in [0.25, 0.3) is 5.91 Å². The number of pyridine rings is 1. The van der Waals surface area contributed by atoms with E-state index >= 15 is 0 Å². The highest BCUT2D eigenvalue weighted by Gasteiger charge is 2.18. The number of hydrogen-bond acceptors (Lipinski definition) is 4. The second kappa shape index (κ2) is 6.13. The predicted molar refractivity (Wildman–Crippen MR) is 79.7 cm³/mol. The summed E-state index contributed by atoms with van der Waals surface area (Å²) in [4.78, 5) is 20.6. The number of amides is 1. The van der Waals surface area contributed by atoms with Gasteiger partial charge < -0.3 is 5.32 Å². The third-order valence-electron chi connectivity index (χ3n) is 3.61. The SMILES string of the molecule is O=C(NC1CCCCC1)c1nc(-c2ccncc2)cs1. The van der Waals surface area contributed by atoms with E-state index in [1.807, 2.05) is 17.5 Å². The molecule has 0 aromatic carbocycles. The zero-order chi connectivity index (χ0) is 13.8. The molecule has 1 aliphatic carbocycles. The van der Waals surface area contributed by atoms with Crippen molar-refractivity contribution in [1.82, 2.24) is 15.3 Å². The summed E-state index contributed by atoms with van der Waals surface area (Å²) < 4.78 is 0. The first-order chi connectivity index (χ1) is 9.83. The molecular formula is C15H17N3OS. The maximum Gasteiger partial charge on any atom is 0.280 e. The average Bonchev–Trinajstić information content (AvgIpc) is 2.99. The molecule has 3 rings (SSSR count). The molecule has 1 amide bonds. The van der Waals surface area contributed by atoms with Crippen LogP contribution in [0.2, 0.25) is 0 Å². The van der Waals surface area contributed by atoms with Gasteiger partial charge in [-0.1, -0.05) is 19.3 Å². The lowest BCUT2D eigenvalue weighted by atomic mass is 9.95. The number of carbonyl (C=O) groups excluding carboxylic acids is 1. The first-order valence-corrected chi connectivity index (χ1v) is 7.88. The van der Waals surface area contributed by atoms with E-state index in [9.17, 15) is 4.79 Å². The van der Waals surface area contributed by atoms with E-state index in [1.54, 1.807) is 12.4 Å². The molecule has 5 heteroatoms. The first kappa shape index (κ1) is 13.2. The maximum atomic E-state index is 12.2. The lowest BCUT2D eigenvalue weighted by Gasteiger charge is -2.22. The van der Waals surface area contributed by atoms with Crippen LogP contribution >= 0.6 is 11.3 Å². The van der Waals surface area contributed by atoms with Gasteiger partial charge in [-0.3, -0.25) is 9.78 Å². The Bertz CT molecular complexity index is 576. The van der Waals surface area contributed by atoms with Crippen LogP contribution in [0, 0.1) is 0 Å². The molecule has 1 N–H and O–H groups in total. The molecule has 0 unspecified atom stereocenters. The van der Waals surface area contributed by atoms with Gasteiger partial charge in [-0.05, 0) is 25.0 Å². The number of rotatable bonds is 3. The van der Waals surface area contributed by atoms with Crippen LogP contribution in [0.3, 0.4) is 0 Å². The van der Waals surface area contributed by atoms with Gasteiger partial charge in [-0.2, -0.15) is 0 Å². The van der Waals surface area contributed by atoms with Crippen molar-refractivity contribution in [3.8, 4) is 11.3 Å². The van der Waals surface area contributed by atoms with E-state index < -0.39 is 0 Å². The van der Waals surface area contributed by atoms with Crippen molar-refractivity contribution >= 4 is 17.2 Å². The summed E-state index contributed by atoms with van der Waals surface area (Å²) in [6.45, 7) is 0. The normalized spacial score (nSPS) is 16.0. The van der Waals surface area contributed by atoms with E-state index in [0.717, 1.165) is 24.1 Å². The highest BCUT2D eigenvalue weighted by Crippen LogP contribution is 2.22. The largest absolute Gasteiger partial charge is 0.347 e. The minimum absolute atomic E-state index is 0.0396. The Balaban J connectivity index is 1.68. The molecule has 20 heavy (non-hydrogen) atoms. The fourth-order valence-corrected chi connectivity index (χ4v) is 3.26. The van der Waals surface area contributed by atoms with Crippen LogP contribution in [0.15, 0.2) is 29.9 Å². The zero-order valence-electron chi connectivity index (χ0n) is 11.2. The summed E-state index contributed by atoms with van der Waals surface area (Å²) in [6.07, 6.45) is 9.36. The van der Waals surface area contributed by atoms with Crippen LogP contribution in [0.25, 0.3) is 11.3 Å². The van der Waals surface area contributed by atoms with Crippen LogP contribution in [-0.2, 0) is 0 Å². The first-order valence-electron chi connectivity index (χ1n) is 7.00. The predicted octanol–water partition coefficient (Wildman–Crippen LogP) is 3.27. The zero-order valence-corrected chi connectivity index (χ0v) is 12.0. The number of carbonyl (C=O) groups is 1. The molecule has 2 aromatic heterocycles. The van der Waals surface area contributed by atoms with Gasteiger partial charge in [0.05, 0.1) is 5.69 Å². The van der Waals surface area contributed by atoms with Crippen molar-refractivity contribution in [2.75, 3.05) is 0 Å². The number of aromatic nitrogens is 2. The number of nitrogens with one attached hydrogen (secondary N) is 1. The second-order valence-corrected chi connectivity index (χ2v) is 5.94. The fraction of sp³-hybridized carbons (Fsp3) is 0.400. The molecule has 2 aromatic rings. The topological polar surface area (TPSA) is 54.9 Å². The van der Waals surface area contributed by atoms with E-state index in [0.29, 0.717) is 11.0 Å². The van der Waals surface area contributed by atoms with Gasteiger partial charge in [0.15, 0.2) is 5.01 Å². The standard InChI is InChI=1S/C15H17N3OS/c19-14(17-12-4-2-1-3-5-12)15-18-13(10-20-15)11-6-8-16-9-7-11/h6-10,12H,1-5H2,(H,17,19). The summed E-state index contributed by atoms with van der Waals surface area (Å²) in [5, 5.41) is 5.56. The molecule has 0 saturated heterocycles. The van der Waals surface area contributed by atoms with Crippen LogP contribution in [-0.4, -0.2) is 21.9 Å². The van der Waals surface area contributed by atoms with Crippen molar-refractivity contribution in [3.63, 3.8) is 0 Å². The van der Waals surface area contributed by atoms with E-state index in [4.69, 9.17) is 0 Å². The van der Waals surface area contributed by atoms with Gasteiger partial charge in [0, 0.05) is 29.4 Å². The minimum atomic E-state index is -0.0396. The monoisotopic (exact) mass is 287 g/mol. The summed E-state index contributed by atoms with van der Waals surface area (Å²) in [5.74, 6) is -0.0396. The molecule has 0 radical (unpaired) electrons. The van der Waals surface area contributed by atoms with Crippen LogP contribution in [0.1, 0.15) is 41.9 Å². The molecule has 0 aliphatic heterocycles. The second-order valence-electron chi connectivity index (χ2n) is 5.08. The van der Waals surface area contributed by atoms with Crippen molar-refractivity contribution in [3.05, 3.63) is 34.9 Å². The van der Waals surface area contributed by atoms with E-state index in [1.165, 1.54) is 30.6 Å². The molecule has 2 heterocycles. The van der Waals surface area contributed by atoms with E-state index in [-0.39, 0.29) is 5.91 Å². The van der Waals surface area contributed by atoms with Crippen molar-refractivity contribution < 1.29 is 4.79 Å². The van der Waals surface area contributed by atoms with Gasteiger partial charge in [0.2, 0.25) is 0 Å². The maximum absolute atomic E-state index is 12.2. The number of thiazole rings is 1. The summed E-state index contributed by atoms with van der Waals surface area (Å²) in [5.41, 5.74) is 1.83. The Kier molecular flexibility index (Phi) is 4.06. The average molecular weight is 287 g/mol. The molecule has 0 atom stereocenters. The van der Waals surface area contributed by atoms with Crippen molar-refractivity contribution in [2.45, 2.75) is 38.1 Å². The molecule has 1 aliphatic rings. The Labute approximate surface area is 122 Å². The third kappa shape index (κ3) is 3.04. The lowest BCUT2D eigenvalue weighted by molar-refractivity contribution is 0.0927. The summed E-state index contributed by atoms with van der Waals surface area (Å²) in [7, 11) is 0. The molecule has 1 fully saturated rings. The van der Waals surface area contributed by atoms with Crippen molar-refractivity contribution in [2.24, 2.45) is 0 Å². The quantitative estimate of drug-likeness (QED) is 0.942. The minimum Gasteiger partial charge on any atom is -0.347 e.